The number of hydrogen-bond donors (Lipinski definition) is 1. The molecule has 1 aromatic heterocycles. The van der Waals surface area contributed by atoms with Crippen molar-refractivity contribution < 1.29 is 14.1 Å². The van der Waals surface area contributed by atoms with Crippen LogP contribution < -0.4 is 14.7 Å². The Balaban J connectivity index is 1.84. The van der Waals surface area contributed by atoms with Crippen molar-refractivity contribution in [2.75, 3.05) is 7.11 Å². The van der Waals surface area contributed by atoms with E-state index in [1.165, 1.54) is 0 Å². The summed E-state index contributed by atoms with van der Waals surface area (Å²) in [7, 11) is 1.62. The number of hydrogen-bond acceptors (Lipinski definition) is 3. The quantitative estimate of drug-likeness (QED) is 0.503. The van der Waals surface area contributed by atoms with Gasteiger partial charge in [-0.3, -0.25) is 4.79 Å². The van der Waals surface area contributed by atoms with Crippen molar-refractivity contribution in [3.05, 3.63) is 60.4 Å². The predicted octanol–water partition coefficient (Wildman–Crippen LogP) is 1.13. The Morgan fingerprint density at radius 2 is 1.95 bits per heavy atom. The van der Waals surface area contributed by atoms with Gasteiger partial charge in [0.25, 0.3) is 0 Å². The van der Waals surface area contributed by atoms with Crippen LogP contribution in [0.1, 0.15) is 5.56 Å². The van der Waals surface area contributed by atoms with E-state index in [4.69, 9.17) is 4.74 Å². The molecule has 0 saturated carbocycles. The van der Waals surface area contributed by atoms with Gasteiger partial charge in [-0.2, -0.15) is 9.67 Å². The lowest BCUT2D eigenvalue weighted by atomic mass is 10.2. The lowest BCUT2D eigenvalue weighted by Crippen LogP contribution is -2.40. The third-order valence-corrected chi connectivity index (χ3v) is 2.62. The van der Waals surface area contributed by atoms with Gasteiger partial charge in [0.15, 0.2) is 12.4 Å². The number of methoxy groups -OCH3 is 1. The molecule has 0 fully saturated rings. The first-order valence-corrected chi connectivity index (χ1v) is 6.18. The molecule has 0 aliphatic heterocycles. The molecule has 5 heteroatoms. The summed E-state index contributed by atoms with van der Waals surface area (Å²) in [6.07, 6.45) is 5.24. The van der Waals surface area contributed by atoms with E-state index in [-0.39, 0.29) is 12.5 Å². The summed E-state index contributed by atoms with van der Waals surface area (Å²) in [4.78, 5) is 11.6. The standard InChI is InChI=1S/C15H15N3O2/c1-20-14-7-5-13(6-8-14)11-16-17-15(19)12-18-9-3-2-4-10-18/h2-11H,12H2,1H3/p+1/b16-11+. The normalized spacial score (nSPS) is 10.4. The Labute approximate surface area is 117 Å². The molecule has 1 heterocycles. The second-order valence-corrected chi connectivity index (χ2v) is 4.11. The summed E-state index contributed by atoms with van der Waals surface area (Å²) < 4.78 is 6.84. The summed E-state index contributed by atoms with van der Waals surface area (Å²) >= 11 is 0. The van der Waals surface area contributed by atoms with Gasteiger partial charge in [0, 0.05) is 12.1 Å². The first-order chi connectivity index (χ1) is 9.78. The van der Waals surface area contributed by atoms with E-state index in [2.05, 4.69) is 10.5 Å². The highest BCUT2D eigenvalue weighted by atomic mass is 16.5. The van der Waals surface area contributed by atoms with E-state index in [1.807, 2.05) is 54.9 Å². The van der Waals surface area contributed by atoms with Gasteiger partial charge in [-0.15, -0.1) is 0 Å². The number of rotatable bonds is 5. The Hall–Kier alpha value is -2.69. The molecule has 0 aliphatic rings. The smallest absolute Gasteiger partial charge is 0.305 e. The minimum atomic E-state index is -0.175. The van der Waals surface area contributed by atoms with E-state index in [0.717, 1.165) is 11.3 Å². The first-order valence-electron chi connectivity index (χ1n) is 6.18. The number of aromatic nitrogens is 1. The molecule has 0 unspecified atom stereocenters. The van der Waals surface area contributed by atoms with Gasteiger partial charge in [0.2, 0.25) is 6.54 Å². The number of pyridine rings is 1. The largest absolute Gasteiger partial charge is 0.497 e. The van der Waals surface area contributed by atoms with Gasteiger partial charge < -0.3 is 4.74 Å². The van der Waals surface area contributed by atoms with Crippen LogP contribution >= 0.6 is 0 Å². The number of benzene rings is 1. The third kappa shape index (κ3) is 4.20. The van der Waals surface area contributed by atoms with Crippen LogP contribution in [0.4, 0.5) is 0 Å². The minimum Gasteiger partial charge on any atom is -0.497 e. The molecule has 0 saturated heterocycles. The van der Waals surface area contributed by atoms with Crippen molar-refractivity contribution in [3.8, 4) is 5.75 Å². The van der Waals surface area contributed by atoms with Gasteiger partial charge in [-0.25, -0.2) is 5.43 Å². The molecule has 2 aromatic rings. The van der Waals surface area contributed by atoms with Crippen LogP contribution in [0.15, 0.2) is 60.0 Å². The Morgan fingerprint density at radius 1 is 1.25 bits per heavy atom. The van der Waals surface area contributed by atoms with Crippen LogP contribution in [0.3, 0.4) is 0 Å². The highest BCUT2D eigenvalue weighted by Gasteiger charge is 2.06. The lowest BCUT2D eigenvalue weighted by Gasteiger charge is -1.99. The van der Waals surface area contributed by atoms with Crippen molar-refractivity contribution in [1.29, 1.82) is 0 Å². The lowest BCUT2D eigenvalue weighted by molar-refractivity contribution is -0.684. The summed E-state index contributed by atoms with van der Waals surface area (Å²) in [6.45, 7) is 0.237. The average molecular weight is 270 g/mol. The number of nitrogens with one attached hydrogen (secondary N) is 1. The van der Waals surface area contributed by atoms with Gasteiger partial charge in [0.1, 0.15) is 5.75 Å². The molecule has 1 amide bonds. The van der Waals surface area contributed by atoms with Crippen LogP contribution in [-0.4, -0.2) is 19.2 Å². The molecule has 5 nitrogen and oxygen atoms in total. The second kappa shape index (κ2) is 7.04. The molecule has 1 N–H and O–H groups in total. The summed E-state index contributed by atoms with van der Waals surface area (Å²) in [5.41, 5.74) is 3.37. The monoisotopic (exact) mass is 270 g/mol. The molecule has 0 atom stereocenters. The fourth-order valence-electron chi connectivity index (χ4n) is 1.61. The fraction of sp³-hybridized carbons (Fsp3) is 0.133. The molecule has 1 aromatic carbocycles. The molecule has 0 bridgehead atoms. The number of nitrogens with zero attached hydrogens (tertiary/aromatic N) is 2. The van der Waals surface area contributed by atoms with E-state index in [1.54, 1.807) is 17.9 Å². The maximum absolute atomic E-state index is 11.6. The molecular weight excluding hydrogens is 254 g/mol. The maximum atomic E-state index is 11.6. The van der Waals surface area contributed by atoms with Crippen LogP contribution in [0, 0.1) is 0 Å². The van der Waals surface area contributed by atoms with Crippen molar-refractivity contribution in [3.63, 3.8) is 0 Å². The highest BCUT2D eigenvalue weighted by molar-refractivity contribution is 5.82. The Bertz CT molecular complexity index is 580. The van der Waals surface area contributed by atoms with Gasteiger partial charge >= 0.3 is 5.91 Å². The topological polar surface area (TPSA) is 54.6 Å². The zero-order valence-corrected chi connectivity index (χ0v) is 11.2. The average Bonchev–Trinajstić information content (AvgIpc) is 2.49. The Kier molecular flexibility index (Phi) is 4.83. The first kappa shape index (κ1) is 13.7. The van der Waals surface area contributed by atoms with Crippen LogP contribution in [0.25, 0.3) is 0 Å². The van der Waals surface area contributed by atoms with E-state index >= 15 is 0 Å². The number of amides is 1. The zero-order chi connectivity index (χ0) is 14.2. The van der Waals surface area contributed by atoms with Crippen molar-refractivity contribution in [2.24, 2.45) is 5.10 Å². The summed E-state index contributed by atoms with van der Waals surface area (Å²) in [6, 6.07) is 13.0. The summed E-state index contributed by atoms with van der Waals surface area (Å²) in [5, 5.41) is 3.91. The molecule has 102 valence electrons. The number of carbonyl (C=O) groups excluding carboxylic acids is 1. The Morgan fingerprint density at radius 3 is 2.60 bits per heavy atom. The SMILES string of the molecule is COc1ccc(/C=N/NC(=O)C[n+]2ccccc2)cc1. The number of ether oxygens (including phenoxy) is 1. The molecular formula is C15H16N3O2+. The van der Waals surface area contributed by atoms with Gasteiger partial charge in [-0.05, 0) is 29.8 Å². The maximum Gasteiger partial charge on any atom is 0.305 e. The van der Waals surface area contributed by atoms with E-state index < -0.39 is 0 Å². The van der Waals surface area contributed by atoms with Crippen molar-refractivity contribution in [2.45, 2.75) is 6.54 Å². The molecule has 2 rings (SSSR count). The van der Waals surface area contributed by atoms with Crippen molar-refractivity contribution in [1.82, 2.24) is 5.43 Å². The zero-order valence-electron chi connectivity index (χ0n) is 11.2. The van der Waals surface area contributed by atoms with E-state index in [0.29, 0.717) is 0 Å². The van der Waals surface area contributed by atoms with Crippen LogP contribution in [0.5, 0.6) is 5.75 Å². The minimum absolute atomic E-state index is 0.175. The fourth-order valence-corrected chi connectivity index (χ4v) is 1.61. The predicted molar refractivity (Wildman–Crippen MR) is 75.4 cm³/mol. The van der Waals surface area contributed by atoms with Crippen LogP contribution in [0.2, 0.25) is 0 Å². The molecule has 0 spiro atoms. The number of carbonyl (C=O) groups is 1. The van der Waals surface area contributed by atoms with Gasteiger partial charge in [0.05, 0.1) is 13.3 Å². The summed E-state index contributed by atoms with van der Waals surface area (Å²) in [5.74, 6) is 0.609. The highest BCUT2D eigenvalue weighted by Crippen LogP contribution is 2.09. The molecule has 0 aliphatic carbocycles. The number of hydrazone groups is 1. The van der Waals surface area contributed by atoms with Crippen LogP contribution in [-0.2, 0) is 11.3 Å². The van der Waals surface area contributed by atoms with Crippen molar-refractivity contribution >= 4 is 12.1 Å². The third-order valence-electron chi connectivity index (χ3n) is 2.62. The molecule has 0 radical (unpaired) electrons. The van der Waals surface area contributed by atoms with E-state index in [9.17, 15) is 4.79 Å². The molecule has 20 heavy (non-hydrogen) atoms. The van der Waals surface area contributed by atoms with Gasteiger partial charge in [-0.1, -0.05) is 6.07 Å². The second-order valence-electron chi connectivity index (χ2n) is 4.11.